The Kier molecular flexibility index (Phi) is 10.6. The largest absolute Gasteiger partial charge is 0.479 e. The molecule has 1 aromatic heterocycles. The van der Waals surface area contributed by atoms with Crippen molar-refractivity contribution >= 4 is 17.6 Å². The molecule has 2 aromatic rings. The molecular weight excluding hydrogens is 400 g/mol. The molecule has 1 heterocycles. The molecule has 164 valence electrons. The predicted molar refractivity (Wildman–Crippen MR) is 121 cm³/mol. The lowest BCUT2D eigenvalue weighted by molar-refractivity contribution is -0.151. The summed E-state index contributed by atoms with van der Waals surface area (Å²) in [4.78, 5) is 20.9. The fourth-order valence-electron chi connectivity index (χ4n) is 2.99. The van der Waals surface area contributed by atoms with Crippen LogP contribution >= 0.6 is 11.6 Å². The van der Waals surface area contributed by atoms with Crippen LogP contribution in [-0.4, -0.2) is 34.0 Å². The molecular formula is C24H33ClN2O3. The van der Waals surface area contributed by atoms with Gasteiger partial charge in [0.05, 0.1) is 5.38 Å². The Hall–Kier alpha value is -2.14. The topological polar surface area (TPSA) is 61.3 Å². The zero-order valence-corrected chi connectivity index (χ0v) is 19.0. The number of unbranched alkanes of at least 4 members (excludes halogenated alkanes) is 5. The molecule has 6 heteroatoms. The van der Waals surface area contributed by atoms with E-state index in [1.165, 1.54) is 44.1 Å². The molecule has 0 aliphatic heterocycles. The van der Waals surface area contributed by atoms with Gasteiger partial charge in [0.1, 0.15) is 12.4 Å². The van der Waals surface area contributed by atoms with E-state index in [1.54, 1.807) is 26.0 Å². The van der Waals surface area contributed by atoms with Crippen molar-refractivity contribution in [3.63, 3.8) is 0 Å². The van der Waals surface area contributed by atoms with E-state index in [1.807, 2.05) is 24.5 Å². The first-order chi connectivity index (χ1) is 14.5. The van der Waals surface area contributed by atoms with Crippen LogP contribution in [0.5, 0.6) is 5.75 Å². The van der Waals surface area contributed by atoms with E-state index in [2.05, 4.69) is 16.9 Å². The molecule has 0 aliphatic carbocycles. The SMILES string of the molecule is CCCCCCCCc1cnc(-c2ccc(O[C@H](C)C(=O)OC[C@H](C)Cl)cc2)nc1. The van der Waals surface area contributed by atoms with Crippen LogP contribution in [-0.2, 0) is 16.0 Å². The van der Waals surface area contributed by atoms with Gasteiger partial charge in [-0.2, -0.15) is 0 Å². The summed E-state index contributed by atoms with van der Waals surface area (Å²) in [5.41, 5.74) is 2.08. The van der Waals surface area contributed by atoms with Gasteiger partial charge in [-0.05, 0) is 56.5 Å². The number of aromatic nitrogens is 2. The number of esters is 1. The third kappa shape index (κ3) is 8.70. The van der Waals surface area contributed by atoms with E-state index in [9.17, 15) is 4.79 Å². The van der Waals surface area contributed by atoms with Crippen LogP contribution in [0.15, 0.2) is 36.7 Å². The lowest BCUT2D eigenvalue weighted by Gasteiger charge is -2.14. The molecule has 0 spiro atoms. The standard InChI is InChI=1S/C24H33ClN2O3/c1-4-5-6-7-8-9-10-20-15-26-23(27-16-20)21-11-13-22(14-12-21)30-19(3)24(28)29-17-18(2)25/h11-16,18-19H,4-10,17H2,1-3H3/t18-,19+/m0/s1. The van der Waals surface area contributed by atoms with Gasteiger partial charge in [0.25, 0.3) is 0 Å². The molecule has 0 aliphatic rings. The highest BCUT2D eigenvalue weighted by molar-refractivity contribution is 6.20. The summed E-state index contributed by atoms with van der Waals surface area (Å²) in [6.45, 7) is 5.82. The minimum atomic E-state index is -0.705. The van der Waals surface area contributed by atoms with Gasteiger partial charge in [-0.25, -0.2) is 14.8 Å². The van der Waals surface area contributed by atoms with Crippen LogP contribution in [0.1, 0.15) is 64.9 Å². The second-order valence-corrected chi connectivity index (χ2v) is 8.37. The first-order valence-electron chi connectivity index (χ1n) is 10.9. The summed E-state index contributed by atoms with van der Waals surface area (Å²) in [6.07, 6.45) is 11.8. The number of hydrogen-bond acceptors (Lipinski definition) is 5. The van der Waals surface area contributed by atoms with Crippen molar-refractivity contribution in [2.45, 2.75) is 77.2 Å². The predicted octanol–water partition coefficient (Wildman–Crippen LogP) is 5.98. The number of aryl methyl sites for hydroxylation is 1. The minimum Gasteiger partial charge on any atom is -0.479 e. The summed E-state index contributed by atoms with van der Waals surface area (Å²) in [5, 5.41) is -0.224. The molecule has 0 unspecified atom stereocenters. The van der Waals surface area contributed by atoms with Crippen LogP contribution in [0.3, 0.4) is 0 Å². The molecule has 5 nitrogen and oxygen atoms in total. The average Bonchev–Trinajstić information content (AvgIpc) is 2.75. The van der Waals surface area contributed by atoms with Gasteiger partial charge in [-0.3, -0.25) is 0 Å². The van der Waals surface area contributed by atoms with Gasteiger partial charge in [-0.15, -0.1) is 11.6 Å². The quantitative estimate of drug-likeness (QED) is 0.221. The zero-order chi connectivity index (χ0) is 21.8. The van der Waals surface area contributed by atoms with Crippen LogP contribution in [0.2, 0.25) is 0 Å². The van der Waals surface area contributed by atoms with Gasteiger partial charge in [-0.1, -0.05) is 39.0 Å². The van der Waals surface area contributed by atoms with Crippen LogP contribution < -0.4 is 4.74 Å². The summed E-state index contributed by atoms with van der Waals surface area (Å²) in [6, 6.07) is 7.38. The molecule has 0 amide bonds. The Balaban J connectivity index is 1.82. The van der Waals surface area contributed by atoms with Crippen molar-refractivity contribution in [1.29, 1.82) is 0 Å². The molecule has 30 heavy (non-hydrogen) atoms. The Labute approximate surface area is 185 Å². The molecule has 2 atom stereocenters. The third-order valence-corrected chi connectivity index (χ3v) is 4.86. The van der Waals surface area contributed by atoms with E-state index in [4.69, 9.17) is 21.1 Å². The van der Waals surface area contributed by atoms with E-state index in [0.717, 1.165) is 12.0 Å². The Bertz CT molecular complexity index is 748. The van der Waals surface area contributed by atoms with Crippen molar-refractivity contribution in [3.05, 3.63) is 42.2 Å². The summed E-state index contributed by atoms with van der Waals surface area (Å²) >= 11 is 5.79. The summed E-state index contributed by atoms with van der Waals surface area (Å²) in [5.74, 6) is 0.828. The second-order valence-electron chi connectivity index (χ2n) is 7.63. The number of alkyl halides is 1. The number of nitrogens with zero attached hydrogens (tertiary/aromatic N) is 2. The van der Waals surface area contributed by atoms with Crippen molar-refractivity contribution in [2.24, 2.45) is 0 Å². The maximum Gasteiger partial charge on any atom is 0.347 e. The summed E-state index contributed by atoms with van der Waals surface area (Å²) in [7, 11) is 0. The molecule has 0 N–H and O–H groups in total. The lowest BCUT2D eigenvalue weighted by Crippen LogP contribution is -2.27. The van der Waals surface area contributed by atoms with Gasteiger partial charge in [0, 0.05) is 18.0 Å². The second kappa shape index (κ2) is 13.2. The van der Waals surface area contributed by atoms with Crippen LogP contribution in [0.4, 0.5) is 0 Å². The van der Waals surface area contributed by atoms with E-state index in [-0.39, 0.29) is 12.0 Å². The number of carbonyl (C=O) groups excluding carboxylic acids is 1. The molecule has 0 saturated heterocycles. The van der Waals surface area contributed by atoms with Crippen molar-refractivity contribution in [2.75, 3.05) is 6.61 Å². The molecule has 0 radical (unpaired) electrons. The highest BCUT2D eigenvalue weighted by Crippen LogP contribution is 2.20. The molecule has 0 bridgehead atoms. The van der Waals surface area contributed by atoms with Crippen molar-refractivity contribution < 1.29 is 14.3 Å². The molecule has 0 saturated carbocycles. The first-order valence-corrected chi connectivity index (χ1v) is 11.3. The molecule has 0 fully saturated rings. The van der Waals surface area contributed by atoms with Gasteiger partial charge in [0.2, 0.25) is 0 Å². The Morgan fingerprint density at radius 2 is 1.63 bits per heavy atom. The Morgan fingerprint density at radius 1 is 1.00 bits per heavy atom. The van der Waals surface area contributed by atoms with Gasteiger partial charge < -0.3 is 9.47 Å². The number of carbonyl (C=O) groups is 1. The highest BCUT2D eigenvalue weighted by atomic mass is 35.5. The van der Waals surface area contributed by atoms with Crippen LogP contribution in [0, 0.1) is 0 Å². The number of halogens is 1. The third-order valence-electron chi connectivity index (χ3n) is 4.74. The highest BCUT2D eigenvalue weighted by Gasteiger charge is 2.17. The van der Waals surface area contributed by atoms with E-state index < -0.39 is 12.1 Å². The van der Waals surface area contributed by atoms with Crippen molar-refractivity contribution in [1.82, 2.24) is 9.97 Å². The zero-order valence-electron chi connectivity index (χ0n) is 18.3. The number of benzene rings is 1. The average molecular weight is 433 g/mol. The fraction of sp³-hybridized carbons (Fsp3) is 0.542. The smallest absolute Gasteiger partial charge is 0.347 e. The monoisotopic (exact) mass is 432 g/mol. The maximum atomic E-state index is 11.9. The fourth-order valence-corrected chi connectivity index (χ4v) is 3.05. The van der Waals surface area contributed by atoms with Gasteiger partial charge >= 0.3 is 5.97 Å². The Morgan fingerprint density at radius 3 is 2.27 bits per heavy atom. The number of hydrogen-bond donors (Lipinski definition) is 0. The van der Waals surface area contributed by atoms with E-state index >= 15 is 0 Å². The number of rotatable bonds is 13. The summed E-state index contributed by atoms with van der Waals surface area (Å²) < 4.78 is 10.7. The minimum absolute atomic E-state index is 0.166. The molecule has 2 rings (SSSR count). The van der Waals surface area contributed by atoms with Crippen molar-refractivity contribution in [3.8, 4) is 17.1 Å². The van der Waals surface area contributed by atoms with Crippen LogP contribution in [0.25, 0.3) is 11.4 Å². The first kappa shape index (κ1) is 24.1. The normalized spacial score (nSPS) is 12.9. The maximum absolute atomic E-state index is 11.9. The molecule has 1 aromatic carbocycles. The van der Waals surface area contributed by atoms with E-state index in [0.29, 0.717) is 11.6 Å². The van der Waals surface area contributed by atoms with Gasteiger partial charge in [0.15, 0.2) is 11.9 Å². The number of ether oxygens (including phenoxy) is 2. The lowest BCUT2D eigenvalue weighted by atomic mass is 10.1.